The Hall–Kier alpha value is -2.07. The Labute approximate surface area is 113 Å². The third kappa shape index (κ3) is 3.96. The van der Waals surface area contributed by atoms with Gasteiger partial charge in [-0.05, 0) is 48.4 Å². The van der Waals surface area contributed by atoms with Crippen LogP contribution in [0.4, 0.5) is 0 Å². The molecule has 0 saturated heterocycles. The fourth-order valence-electron chi connectivity index (χ4n) is 1.86. The lowest BCUT2D eigenvalue weighted by Gasteiger charge is -2.07. The number of phenols is 1. The summed E-state index contributed by atoms with van der Waals surface area (Å²) in [6, 6.07) is 9.47. The predicted molar refractivity (Wildman–Crippen MR) is 74.3 cm³/mol. The van der Waals surface area contributed by atoms with E-state index in [1.807, 2.05) is 18.2 Å². The van der Waals surface area contributed by atoms with Crippen molar-refractivity contribution in [1.29, 1.82) is 0 Å². The van der Waals surface area contributed by atoms with E-state index in [-0.39, 0.29) is 5.75 Å². The number of aromatic nitrogens is 1. The summed E-state index contributed by atoms with van der Waals surface area (Å²) in [7, 11) is 1.54. The van der Waals surface area contributed by atoms with Crippen molar-refractivity contribution in [1.82, 2.24) is 10.3 Å². The van der Waals surface area contributed by atoms with Crippen LogP contribution in [0, 0.1) is 0 Å². The molecule has 2 aromatic rings. The summed E-state index contributed by atoms with van der Waals surface area (Å²) < 4.78 is 5.01. The topological polar surface area (TPSA) is 54.4 Å². The maximum Gasteiger partial charge on any atom is 0.160 e. The zero-order valence-electron chi connectivity index (χ0n) is 11.0. The summed E-state index contributed by atoms with van der Waals surface area (Å²) in [6.45, 7) is 1.61. The number of nitrogens with zero attached hydrogens (tertiary/aromatic N) is 1. The number of methoxy groups -OCH3 is 1. The Morgan fingerprint density at radius 1 is 1.16 bits per heavy atom. The van der Waals surface area contributed by atoms with E-state index in [1.165, 1.54) is 5.56 Å². The monoisotopic (exact) mass is 258 g/mol. The number of rotatable bonds is 6. The largest absolute Gasteiger partial charge is 0.504 e. The molecule has 0 unspecified atom stereocenters. The van der Waals surface area contributed by atoms with Crippen LogP contribution in [0.2, 0.25) is 0 Å². The molecule has 0 bridgehead atoms. The quantitative estimate of drug-likeness (QED) is 0.779. The normalized spacial score (nSPS) is 10.4. The minimum Gasteiger partial charge on any atom is -0.504 e. The van der Waals surface area contributed by atoms with Gasteiger partial charge in [-0.25, -0.2) is 0 Å². The zero-order valence-corrected chi connectivity index (χ0v) is 11.0. The van der Waals surface area contributed by atoms with Gasteiger partial charge in [0.15, 0.2) is 11.5 Å². The van der Waals surface area contributed by atoms with E-state index in [4.69, 9.17) is 4.74 Å². The van der Waals surface area contributed by atoms with Crippen molar-refractivity contribution in [2.45, 2.75) is 13.0 Å². The van der Waals surface area contributed by atoms with E-state index in [9.17, 15) is 5.11 Å². The van der Waals surface area contributed by atoms with Crippen LogP contribution in [-0.2, 0) is 13.0 Å². The molecule has 0 amide bonds. The first kappa shape index (κ1) is 13.4. The minimum absolute atomic E-state index is 0.177. The molecule has 0 atom stereocenters. The van der Waals surface area contributed by atoms with Crippen LogP contribution in [-0.4, -0.2) is 23.7 Å². The Bertz CT molecular complexity index is 515. The summed E-state index contributed by atoms with van der Waals surface area (Å²) in [5.41, 5.74) is 2.30. The van der Waals surface area contributed by atoms with E-state index in [2.05, 4.69) is 10.3 Å². The summed E-state index contributed by atoms with van der Waals surface area (Å²) in [5, 5.41) is 13.0. The van der Waals surface area contributed by atoms with Crippen molar-refractivity contribution in [3.8, 4) is 11.5 Å². The average Bonchev–Trinajstić information content (AvgIpc) is 2.45. The summed E-state index contributed by atoms with van der Waals surface area (Å²) >= 11 is 0. The Morgan fingerprint density at radius 3 is 2.63 bits per heavy atom. The SMILES string of the molecule is COc1ccc(CNCCc2ccncc2)cc1O. The second-order valence-corrected chi connectivity index (χ2v) is 4.29. The van der Waals surface area contributed by atoms with Gasteiger partial charge in [0.1, 0.15) is 0 Å². The van der Waals surface area contributed by atoms with Crippen molar-refractivity contribution in [3.05, 3.63) is 53.9 Å². The lowest BCUT2D eigenvalue weighted by Crippen LogP contribution is -2.16. The van der Waals surface area contributed by atoms with Gasteiger partial charge >= 0.3 is 0 Å². The molecule has 2 N–H and O–H groups in total. The second kappa shape index (κ2) is 6.75. The zero-order chi connectivity index (χ0) is 13.5. The molecule has 100 valence electrons. The highest BCUT2D eigenvalue weighted by molar-refractivity contribution is 5.41. The molecule has 4 nitrogen and oxygen atoms in total. The van der Waals surface area contributed by atoms with Crippen molar-refractivity contribution in [2.24, 2.45) is 0 Å². The smallest absolute Gasteiger partial charge is 0.160 e. The molecule has 0 aliphatic carbocycles. The highest BCUT2D eigenvalue weighted by Crippen LogP contribution is 2.25. The van der Waals surface area contributed by atoms with Crippen LogP contribution in [0.15, 0.2) is 42.7 Å². The first-order valence-corrected chi connectivity index (χ1v) is 6.25. The molecule has 4 heteroatoms. The lowest BCUT2D eigenvalue weighted by atomic mass is 10.2. The first-order valence-electron chi connectivity index (χ1n) is 6.25. The van der Waals surface area contributed by atoms with Gasteiger partial charge in [0.2, 0.25) is 0 Å². The van der Waals surface area contributed by atoms with Gasteiger partial charge in [-0.3, -0.25) is 4.98 Å². The molecule has 0 aliphatic rings. The fourth-order valence-corrected chi connectivity index (χ4v) is 1.86. The van der Waals surface area contributed by atoms with Crippen LogP contribution < -0.4 is 10.1 Å². The van der Waals surface area contributed by atoms with E-state index in [0.717, 1.165) is 25.1 Å². The van der Waals surface area contributed by atoms with Crippen molar-refractivity contribution >= 4 is 0 Å². The van der Waals surface area contributed by atoms with Crippen molar-refractivity contribution < 1.29 is 9.84 Å². The summed E-state index contributed by atoms with van der Waals surface area (Å²) in [6.07, 6.45) is 4.57. The number of pyridine rings is 1. The summed E-state index contributed by atoms with van der Waals surface area (Å²) in [5.74, 6) is 0.677. The number of ether oxygens (including phenoxy) is 1. The first-order chi connectivity index (χ1) is 9.29. The van der Waals surface area contributed by atoms with Gasteiger partial charge in [0, 0.05) is 18.9 Å². The van der Waals surface area contributed by atoms with Crippen LogP contribution in [0.25, 0.3) is 0 Å². The molecule has 0 saturated carbocycles. The van der Waals surface area contributed by atoms with E-state index >= 15 is 0 Å². The molecule has 0 radical (unpaired) electrons. The molecule has 19 heavy (non-hydrogen) atoms. The number of aromatic hydroxyl groups is 1. The number of hydrogen-bond acceptors (Lipinski definition) is 4. The van der Waals surface area contributed by atoms with Gasteiger partial charge in [0.25, 0.3) is 0 Å². The molecular weight excluding hydrogens is 240 g/mol. The number of phenolic OH excluding ortho intramolecular Hbond substituents is 1. The van der Waals surface area contributed by atoms with E-state index in [1.54, 1.807) is 31.6 Å². The third-order valence-corrected chi connectivity index (χ3v) is 2.91. The Kier molecular flexibility index (Phi) is 4.75. The molecule has 1 heterocycles. The van der Waals surface area contributed by atoms with Crippen LogP contribution in [0.1, 0.15) is 11.1 Å². The van der Waals surface area contributed by atoms with Gasteiger partial charge in [-0.1, -0.05) is 6.07 Å². The van der Waals surface area contributed by atoms with E-state index < -0.39 is 0 Å². The van der Waals surface area contributed by atoms with Crippen molar-refractivity contribution in [3.63, 3.8) is 0 Å². The van der Waals surface area contributed by atoms with Gasteiger partial charge in [-0.2, -0.15) is 0 Å². The van der Waals surface area contributed by atoms with Gasteiger partial charge < -0.3 is 15.2 Å². The maximum atomic E-state index is 9.67. The maximum absolute atomic E-state index is 9.67. The molecule has 1 aromatic heterocycles. The minimum atomic E-state index is 0.177. The molecular formula is C15H18N2O2. The second-order valence-electron chi connectivity index (χ2n) is 4.29. The van der Waals surface area contributed by atoms with Crippen LogP contribution >= 0.6 is 0 Å². The van der Waals surface area contributed by atoms with Crippen LogP contribution in [0.3, 0.4) is 0 Å². The standard InChI is InChI=1S/C15H18N2O2/c1-19-15-3-2-13(10-14(15)18)11-17-9-6-12-4-7-16-8-5-12/h2-5,7-8,10,17-18H,6,9,11H2,1H3. The lowest BCUT2D eigenvalue weighted by molar-refractivity contribution is 0.373. The number of hydrogen-bond donors (Lipinski definition) is 2. The average molecular weight is 258 g/mol. The molecule has 1 aromatic carbocycles. The molecule has 2 rings (SSSR count). The van der Waals surface area contributed by atoms with E-state index in [0.29, 0.717) is 5.75 Å². The molecule has 0 aliphatic heterocycles. The Morgan fingerprint density at radius 2 is 1.95 bits per heavy atom. The highest BCUT2D eigenvalue weighted by Gasteiger charge is 2.02. The summed E-state index contributed by atoms with van der Waals surface area (Å²) in [4.78, 5) is 3.99. The third-order valence-electron chi connectivity index (χ3n) is 2.91. The molecule has 0 spiro atoms. The predicted octanol–water partition coefficient (Wildman–Crippen LogP) is 2.13. The molecule has 0 fully saturated rings. The van der Waals surface area contributed by atoms with Gasteiger partial charge in [-0.15, -0.1) is 0 Å². The van der Waals surface area contributed by atoms with Crippen molar-refractivity contribution in [2.75, 3.05) is 13.7 Å². The number of nitrogens with one attached hydrogen (secondary N) is 1. The Balaban J connectivity index is 1.78. The van der Waals surface area contributed by atoms with Crippen LogP contribution in [0.5, 0.6) is 11.5 Å². The number of benzene rings is 1. The fraction of sp³-hybridized carbons (Fsp3) is 0.267. The highest BCUT2D eigenvalue weighted by atomic mass is 16.5. The van der Waals surface area contributed by atoms with Gasteiger partial charge in [0.05, 0.1) is 7.11 Å².